The van der Waals surface area contributed by atoms with Crippen molar-refractivity contribution in [2.75, 3.05) is 20.7 Å². The van der Waals surface area contributed by atoms with Crippen molar-refractivity contribution in [1.29, 1.82) is 0 Å². The van der Waals surface area contributed by atoms with Crippen molar-refractivity contribution in [2.45, 2.75) is 23.8 Å². The van der Waals surface area contributed by atoms with Crippen LogP contribution in [-0.2, 0) is 14.8 Å². The van der Waals surface area contributed by atoms with Crippen molar-refractivity contribution in [3.63, 3.8) is 0 Å². The number of hydrogen-bond donors (Lipinski definition) is 1. The molecule has 2 aromatic rings. The van der Waals surface area contributed by atoms with E-state index in [-0.39, 0.29) is 16.8 Å². The van der Waals surface area contributed by atoms with Crippen LogP contribution >= 0.6 is 0 Å². The molecule has 0 saturated carbocycles. The van der Waals surface area contributed by atoms with Crippen molar-refractivity contribution >= 4 is 15.9 Å². The third-order valence-corrected chi connectivity index (χ3v) is 5.94. The molecule has 1 atom stereocenters. The third-order valence-electron chi connectivity index (χ3n) is 4.42. The van der Waals surface area contributed by atoms with E-state index in [1.54, 1.807) is 36.5 Å². The Morgan fingerprint density at radius 1 is 1.23 bits per heavy atom. The van der Waals surface area contributed by atoms with Gasteiger partial charge >= 0.3 is 0 Å². The number of likely N-dealkylation sites (N-methyl/N-ethyl adjacent to an activating group) is 1. The maximum absolute atomic E-state index is 12.7. The number of nitrogens with one attached hydrogen (secondary N) is 1. The number of sulfonamides is 1. The molecular weight excluding hydrogens is 354 g/mol. The molecule has 1 aliphatic heterocycles. The number of methoxy groups -OCH3 is 1. The second-order valence-electron chi connectivity index (χ2n) is 6.23. The lowest BCUT2D eigenvalue weighted by molar-refractivity contribution is -0.132. The van der Waals surface area contributed by atoms with Crippen molar-refractivity contribution in [2.24, 2.45) is 0 Å². The quantitative estimate of drug-likeness (QED) is 0.859. The monoisotopic (exact) mass is 375 g/mol. The number of benzene rings is 1. The Morgan fingerprint density at radius 2 is 1.96 bits per heavy atom. The summed E-state index contributed by atoms with van der Waals surface area (Å²) in [6.07, 6.45) is 4.17. The van der Waals surface area contributed by atoms with Crippen LogP contribution in [0.5, 0.6) is 5.75 Å². The van der Waals surface area contributed by atoms with Crippen LogP contribution in [-0.4, -0.2) is 51.0 Å². The Bertz CT molecular complexity index is 900. The zero-order valence-corrected chi connectivity index (χ0v) is 15.5. The van der Waals surface area contributed by atoms with Crippen LogP contribution in [0.3, 0.4) is 0 Å². The van der Waals surface area contributed by atoms with E-state index < -0.39 is 10.0 Å². The summed E-state index contributed by atoms with van der Waals surface area (Å²) in [6.45, 7) is 0.365. The summed E-state index contributed by atoms with van der Waals surface area (Å²) in [5.41, 5.74) is 1.68. The largest absolute Gasteiger partial charge is 0.496 e. The van der Waals surface area contributed by atoms with Gasteiger partial charge in [-0.2, -0.15) is 0 Å². The summed E-state index contributed by atoms with van der Waals surface area (Å²) in [4.78, 5) is 17.2. The lowest BCUT2D eigenvalue weighted by Gasteiger charge is -2.30. The second-order valence-corrected chi connectivity index (χ2v) is 7.94. The van der Waals surface area contributed by atoms with Crippen LogP contribution in [0.15, 0.2) is 47.6 Å². The number of piperidine rings is 1. The van der Waals surface area contributed by atoms with Gasteiger partial charge in [-0.25, -0.2) is 13.1 Å². The Balaban J connectivity index is 1.85. The lowest BCUT2D eigenvalue weighted by atomic mass is 10.1. The zero-order valence-electron chi connectivity index (χ0n) is 14.7. The third kappa shape index (κ3) is 3.86. The molecule has 3 rings (SSSR count). The van der Waals surface area contributed by atoms with Crippen molar-refractivity contribution in [1.82, 2.24) is 14.6 Å². The van der Waals surface area contributed by atoms with Gasteiger partial charge in [0.05, 0.1) is 12.0 Å². The van der Waals surface area contributed by atoms with E-state index in [0.29, 0.717) is 25.1 Å². The first-order valence-corrected chi connectivity index (χ1v) is 9.74. The van der Waals surface area contributed by atoms with Crippen LogP contribution < -0.4 is 9.46 Å². The van der Waals surface area contributed by atoms with E-state index in [9.17, 15) is 13.2 Å². The fraction of sp³-hybridized carbons (Fsp3) is 0.333. The summed E-state index contributed by atoms with van der Waals surface area (Å²) < 4.78 is 33.5. The zero-order chi connectivity index (χ0) is 18.7. The first-order chi connectivity index (χ1) is 12.4. The summed E-state index contributed by atoms with van der Waals surface area (Å²) in [5, 5.41) is 0. The number of carbonyl (C=O) groups is 1. The SMILES string of the molecule is COc1cc(S(=O)(=O)NC2CCC(=O)N(C)C2)ccc1-c1ccncc1. The van der Waals surface area contributed by atoms with E-state index in [0.717, 1.165) is 11.1 Å². The number of nitrogens with zero attached hydrogens (tertiary/aromatic N) is 2. The minimum Gasteiger partial charge on any atom is -0.496 e. The number of ether oxygens (including phenoxy) is 1. The van der Waals surface area contributed by atoms with Crippen molar-refractivity contribution in [3.8, 4) is 16.9 Å². The molecule has 1 aromatic carbocycles. The number of carbonyl (C=O) groups excluding carboxylic acids is 1. The molecule has 1 aromatic heterocycles. The Labute approximate surface area is 153 Å². The lowest BCUT2D eigenvalue weighted by Crippen LogP contribution is -2.48. The van der Waals surface area contributed by atoms with Gasteiger partial charge in [0.25, 0.3) is 0 Å². The molecule has 26 heavy (non-hydrogen) atoms. The minimum absolute atomic E-state index is 0.0313. The van der Waals surface area contributed by atoms with Gasteiger partial charge in [-0.3, -0.25) is 9.78 Å². The minimum atomic E-state index is -3.71. The van der Waals surface area contributed by atoms with Crippen LogP contribution in [0, 0.1) is 0 Å². The van der Waals surface area contributed by atoms with Gasteiger partial charge < -0.3 is 9.64 Å². The molecule has 1 saturated heterocycles. The molecule has 2 heterocycles. The summed E-state index contributed by atoms with van der Waals surface area (Å²) in [6, 6.07) is 8.15. The number of rotatable bonds is 5. The molecule has 0 aliphatic carbocycles. The number of hydrogen-bond acceptors (Lipinski definition) is 5. The maximum atomic E-state index is 12.7. The molecule has 1 amide bonds. The average Bonchev–Trinajstić information content (AvgIpc) is 2.64. The summed E-state index contributed by atoms with van der Waals surface area (Å²) in [5.74, 6) is 0.499. The molecule has 7 nitrogen and oxygen atoms in total. The number of likely N-dealkylation sites (tertiary alicyclic amines) is 1. The fourth-order valence-corrected chi connectivity index (χ4v) is 4.28. The highest BCUT2D eigenvalue weighted by Gasteiger charge is 2.27. The van der Waals surface area contributed by atoms with Gasteiger partial charge in [0, 0.05) is 50.1 Å². The number of amides is 1. The van der Waals surface area contributed by atoms with Gasteiger partial charge in [-0.1, -0.05) is 0 Å². The molecule has 138 valence electrons. The van der Waals surface area contributed by atoms with Gasteiger partial charge in [-0.05, 0) is 36.2 Å². The highest BCUT2D eigenvalue weighted by molar-refractivity contribution is 7.89. The highest BCUT2D eigenvalue weighted by Crippen LogP contribution is 2.32. The molecule has 1 fully saturated rings. The molecule has 1 unspecified atom stereocenters. The molecular formula is C18H21N3O4S. The number of pyridine rings is 1. The molecule has 0 radical (unpaired) electrons. The number of aromatic nitrogens is 1. The highest BCUT2D eigenvalue weighted by atomic mass is 32.2. The van der Waals surface area contributed by atoms with E-state index in [1.165, 1.54) is 13.2 Å². The van der Waals surface area contributed by atoms with Crippen molar-refractivity contribution in [3.05, 3.63) is 42.7 Å². The summed E-state index contributed by atoms with van der Waals surface area (Å²) in [7, 11) is -0.531. The average molecular weight is 375 g/mol. The standard InChI is InChI=1S/C18H21N3O4S/c1-21-12-14(3-6-18(21)22)20-26(23,24)15-4-5-16(17(11-15)25-2)13-7-9-19-10-8-13/h4-5,7-11,14,20H,3,6,12H2,1-2H3. The van der Waals surface area contributed by atoms with Crippen LogP contribution in [0.25, 0.3) is 11.1 Å². The van der Waals surface area contributed by atoms with Gasteiger partial charge in [-0.15, -0.1) is 0 Å². The molecule has 1 N–H and O–H groups in total. The molecule has 8 heteroatoms. The first-order valence-electron chi connectivity index (χ1n) is 8.25. The van der Waals surface area contributed by atoms with E-state index in [2.05, 4.69) is 9.71 Å². The molecule has 0 bridgehead atoms. The maximum Gasteiger partial charge on any atom is 0.241 e. The van der Waals surface area contributed by atoms with Gasteiger partial charge in [0.15, 0.2) is 0 Å². The first kappa shape index (κ1) is 18.3. The van der Waals surface area contributed by atoms with Crippen LogP contribution in [0.1, 0.15) is 12.8 Å². The smallest absolute Gasteiger partial charge is 0.241 e. The predicted molar refractivity (Wildman–Crippen MR) is 97.2 cm³/mol. The van der Waals surface area contributed by atoms with E-state index >= 15 is 0 Å². The predicted octanol–water partition coefficient (Wildman–Crippen LogP) is 1.66. The fourth-order valence-electron chi connectivity index (χ4n) is 3.00. The Hall–Kier alpha value is -2.45. The van der Waals surface area contributed by atoms with Crippen LogP contribution in [0.4, 0.5) is 0 Å². The molecule has 0 spiro atoms. The van der Waals surface area contributed by atoms with Gasteiger partial charge in [0.1, 0.15) is 5.75 Å². The Kier molecular flexibility index (Phi) is 5.24. The van der Waals surface area contributed by atoms with Gasteiger partial charge in [0.2, 0.25) is 15.9 Å². The summed E-state index contributed by atoms with van der Waals surface area (Å²) >= 11 is 0. The topological polar surface area (TPSA) is 88.6 Å². The second kappa shape index (κ2) is 7.43. The Morgan fingerprint density at radius 3 is 2.62 bits per heavy atom. The van der Waals surface area contributed by atoms with E-state index in [1.807, 2.05) is 12.1 Å². The molecule has 1 aliphatic rings. The normalized spacial score (nSPS) is 18.0. The van der Waals surface area contributed by atoms with Crippen molar-refractivity contribution < 1.29 is 17.9 Å². The van der Waals surface area contributed by atoms with Crippen LogP contribution in [0.2, 0.25) is 0 Å². The van der Waals surface area contributed by atoms with E-state index in [4.69, 9.17) is 4.74 Å².